The number of ether oxygens (including phenoxy) is 6. The highest BCUT2D eigenvalue weighted by molar-refractivity contribution is 5.67. The topological polar surface area (TPSA) is 127 Å². The van der Waals surface area contributed by atoms with E-state index in [0.29, 0.717) is 0 Å². The van der Waals surface area contributed by atoms with Crippen LogP contribution in [-0.4, -0.2) is 80.7 Å². The molecule has 1 N–H and O–H groups in total. The van der Waals surface area contributed by atoms with E-state index in [0.717, 1.165) is 6.92 Å². The molecule has 0 aromatic rings. The zero-order valence-electron chi connectivity index (χ0n) is 14.8. The van der Waals surface area contributed by atoms with E-state index in [2.05, 4.69) is 0 Å². The van der Waals surface area contributed by atoms with Gasteiger partial charge >= 0.3 is 17.9 Å². The molecule has 0 radical (unpaired) electrons. The van der Waals surface area contributed by atoms with Crippen LogP contribution in [-0.2, 0) is 42.8 Å². The number of hydrogen-bond acceptors (Lipinski definition) is 10. The summed E-state index contributed by atoms with van der Waals surface area (Å²) in [5.74, 6) is -1.95. The third-order valence-electron chi connectivity index (χ3n) is 3.44. The summed E-state index contributed by atoms with van der Waals surface area (Å²) in [4.78, 5) is 34.1. The molecular weight excluding hydrogens is 340 g/mol. The zero-order chi connectivity index (χ0) is 19.1. The summed E-state index contributed by atoms with van der Waals surface area (Å²) < 4.78 is 31.1. The first kappa shape index (κ1) is 21.3. The smallest absolute Gasteiger partial charge is 0.303 e. The van der Waals surface area contributed by atoms with Gasteiger partial charge in [0.05, 0.1) is 6.61 Å². The molecule has 6 atom stereocenters. The maximum absolute atomic E-state index is 11.5. The number of esters is 3. The fourth-order valence-electron chi connectivity index (χ4n) is 2.64. The lowest BCUT2D eigenvalue weighted by Crippen LogP contribution is -2.64. The van der Waals surface area contributed by atoms with E-state index < -0.39 is 54.7 Å². The molecule has 0 bridgehead atoms. The molecule has 0 aliphatic carbocycles. The molecule has 0 unspecified atom stereocenters. The summed E-state index contributed by atoms with van der Waals surface area (Å²) in [6.07, 6.45) is -7.06. The molecule has 144 valence electrons. The minimum absolute atomic E-state index is 0.0800. The number of hydrogen-bond donors (Lipinski definition) is 1. The zero-order valence-corrected chi connectivity index (χ0v) is 14.8. The maximum Gasteiger partial charge on any atom is 0.303 e. The molecule has 1 aliphatic heterocycles. The average Bonchev–Trinajstić information content (AvgIpc) is 2.48. The van der Waals surface area contributed by atoms with Gasteiger partial charge in [0.25, 0.3) is 0 Å². The second-order valence-corrected chi connectivity index (χ2v) is 5.44. The third-order valence-corrected chi connectivity index (χ3v) is 3.44. The first-order valence-electron chi connectivity index (χ1n) is 7.58. The lowest BCUT2D eigenvalue weighted by Gasteiger charge is -2.44. The Hall–Kier alpha value is -1.75. The van der Waals surface area contributed by atoms with Crippen LogP contribution in [0.1, 0.15) is 20.8 Å². The van der Waals surface area contributed by atoms with E-state index in [-0.39, 0.29) is 6.61 Å². The molecule has 1 aliphatic rings. The fraction of sp³-hybridized carbons (Fsp3) is 0.800. The Morgan fingerprint density at radius 3 is 1.96 bits per heavy atom. The van der Waals surface area contributed by atoms with Gasteiger partial charge in [-0.2, -0.15) is 0 Å². The summed E-state index contributed by atoms with van der Waals surface area (Å²) in [6, 6.07) is 0. The monoisotopic (exact) mass is 364 g/mol. The number of aliphatic hydroxyl groups is 1. The SMILES string of the molecule is COC[C@@H](OC(C)=O)[C@H]1O[C@@H](O)[C@H](OC(C)=O)[C@@H](OC)[C@@H]1OC(C)=O. The second kappa shape index (κ2) is 9.66. The van der Waals surface area contributed by atoms with Crippen molar-refractivity contribution in [3.05, 3.63) is 0 Å². The Balaban J connectivity index is 3.18. The molecule has 1 rings (SSSR count). The summed E-state index contributed by atoms with van der Waals surface area (Å²) in [6.45, 7) is 3.44. The number of rotatable bonds is 7. The highest BCUT2D eigenvalue weighted by atomic mass is 16.7. The quantitative estimate of drug-likeness (QED) is 0.451. The van der Waals surface area contributed by atoms with Crippen molar-refractivity contribution in [3.63, 3.8) is 0 Å². The van der Waals surface area contributed by atoms with E-state index in [1.165, 1.54) is 28.1 Å². The molecule has 0 amide bonds. The predicted molar refractivity (Wildman–Crippen MR) is 80.2 cm³/mol. The molecule has 1 fully saturated rings. The van der Waals surface area contributed by atoms with Crippen molar-refractivity contribution in [3.8, 4) is 0 Å². The summed E-state index contributed by atoms with van der Waals surface area (Å²) >= 11 is 0. The van der Waals surface area contributed by atoms with Gasteiger partial charge in [-0.25, -0.2) is 0 Å². The van der Waals surface area contributed by atoms with Gasteiger partial charge < -0.3 is 33.5 Å². The second-order valence-electron chi connectivity index (χ2n) is 5.44. The first-order valence-corrected chi connectivity index (χ1v) is 7.58. The van der Waals surface area contributed by atoms with Crippen LogP contribution in [0, 0.1) is 0 Å². The summed E-state index contributed by atoms with van der Waals surface area (Å²) in [5.41, 5.74) is 0. The van der Waals surface area contributed by atoms with Crippen molar-refractivity contribution >= 4 is 17.9 Å². The van der Waals surface area contributed by atoms with Crippen LogP contribution in [0.25, 0.3) is 0 Å². The lowest BCUT2D eigenvalue weighted by atomic mass is 9.94. The summed E-state index contributed by atoms with van der Waals surface area (Å²) in [7, 11) is 2.68. The maximum atomic E-state index is 11.5. The van der Waals surface area contributed by atoms with Crippen LogP contribution in [0.15, 0.2) is 0 Å². The molecule has 0 spiro atoms. The molecular formula is C15H24O10. The Kier molecular flexibility index (Phi) is 8.23. The molecule has 25 heavy (non-hydrogen) atoms. The van der Waals surface area contributed by atoms with E-state index in [1.54, 1.807) is 0 Å². The highest BCUT2D eigenvalue weighted by Crippen LogP contribution is 2.30. The number of methoxy groups -OCH3 is 2. The molecule has 0 aromatic carbocycles. The van der Waals surface area contributed by atoms with Crippen LogP contribution in [0.4, 0.5) is 0 Å². The van der Waals surface area contributed by atoms with Crippen LogP contribution >= 0.6 is 0 Å². The molecule has 1 heterocycles. The fourth-order valence-corrected chi connectivity index (χ4v) is 2.64. The van der Waals surface area contributed by atoms with Crippen molar-refractivity contribution in [2.75, 3.05) is 20.8 Å². The number of carbonyl (C=O) groups excluding carboxylic acids is 3. The Morgan fingerprint density at radius 2 is 1.52 bits per heavy atom. The van der Waals surface area contributed by atoms with Crippen LogP contribution in [0.2, 0.25) is 0 Å². The Labute approximate surface area is 145 Å². The largest absolute Gasteiger partial charge is 0.457 e. The van der Waals surface area contributed by atoms with Crippen molar-refractivity contribution in [1.29, 1.82) is 0 Å². The van der Waals surface area contributed by atoms with Gasteiger partial charge in [-0.1, -0.05) is 0 Å². The molecule has 10 nitrogen and oxygen atoms in total. The van der Waals surface area contributed by atoms with Crippen molar-refractivity contribution in [2.24, 2.45) is 0 Å². The first-order chi connectivity index (χ1) is 11.7. The normalized spacial score (nSPS) is 30.2. The van der Waals surface area contributed by atoms with Gasteiger partial charge in [-0.05, 0) is 0 Å². The number of aliphatic hydroxyl groups excluding tert-OH is 1. The predicted octanol–water partition coefficient (Wildman–Crippen LogP) is -0.840. The van der Waals surface area contributed by atoms with Crippen molar-refractivity contribution < 1.29 is 47.9 Å². The van der Waals surface area contributed by atoms with Gasteiger partial charge in [-0.15, -0.1) is 0 Å². The minimum atomic E-state index is -1.58. The third kappa shape index (κ3) is 5.92. The average molecular weight is 364 g/mol. The van der Waals surface area contributed by atoms with Gasteiger partial charge in [0.1, 0.15) is 12.2 Å². The van der Waals surface area contributed by atoms with Crippen LogP contribution in [0.5, 0.6) is 0 Å². The van der Waals surface area contributed by atoms with Crippen LogP contribution < -0.4 is 0 Å². The molecule has 1 saturated heterocycles. The molecule has 0 saturated carbocycles. The Bertz CT molecular complexity index is 479. The van der Waals surface area contributed by atoms with Gasteiger partial charge in [0.15, 0.2) is 24.6 Å². The van der Waals surface area contributed by atoms with Crippen molar-refractivity contribution in [2.45, 2.75) is 57.6 Å². The summed E-state index contributed by atoms with van der Waals surface area (Å²) in [5, 5.41) is 10.2. The van der Waals surface area contributed by atoms with E-state index in [9.17, 15) is 19.5 Å². The van der Waals surface area contributed by atoms with Gasteiger partial charge in [-0.3, -0.25) is 14.4 Å². The van der Waals surface area contributed by atoms with Gasteiger partial charge in [0.2, 0.25) is 0 Å². The van der Waals surface area contributed by atoms with E-state index in [4.69, 9.17) is 28.4 Å². The Morgan fingerprint density at radius 1 is 0.960 bits per heavy atom. The molecule has 10 heteroatoms. The highest BCUT2D eigenvalue weighted by Gasteiger charge is 2.52. The van der Waals surface area contributed by atoms with Crippen LogP contribution in [0.3, 0.4) is 0 Å². The lowest BCUT2D eigenvalue weighted by molar-refractivity contribution is -0.308. The minimum Gasteiger partial charge on any atom is -0.457 e. The number of carbonyl (C=O) groups is 3. The standard InChI is InChI=1S/C15H24O10/c1-7(16)22-10(6-20-4)11-13(23-8(2)17)12(21-5)14(15(19)25-11)24-9(3)18/h10-15,19H,6H2,1-5H3/t10-,11-,12+,13-,14-,15-/m1/s1. The van der Waals surface area contributed by atoms with E-state index in [1.807, 2.05) is 0 Å². The van der Waals surface area contributed by atoms with E-state index >= 15 is 0 Å². The van der Waals surface area contributed by atoms with Crippen molar-refractivity contribution in [1.82, 2.24) is 0 Å². The van der Waals surface area contributed by atoms with Gasteiger partial charge in [0, 0.05) is 35.0 Å². The molecule has 0 aromatic heterocycles.